The van der Waals surface area contributed by atoms with E-state index in [9.17, 15) is 0 Å². The van der Waals surface area contributed by atoms with Crippen molar-refractivity contribution in [2.75, 3.05) is 0 Å². The molecule has 2 aromatic rings. The second-order valence-electron chi connectivity index (χ2n) is 3.05. The third kappa shape index (κ3) is 1.26. The van der Waals surface area contributed by atoms with Crippen LogP contribution in [0.2, 0.25) is 0 Å². The molecule has 5 heteroatoms. The van der Waals surface area contributed by atoms with Gasteiger partial charge in [-0.3, -0.25) is 0 Å². The molecule has 68 valence electrons. The quantitative estimate of drug-likeness (QED) is 0.691. The van der Waals surface area contributed by atoms with E-state index in [1.165, 1.54) is 0 Å². The summed E-state index contributed by atoms with van der Waals surface area (Å²) in [4.78, 5) is 4.19. The van der Waals surface area contributed by atoms with Gasteiger partial charge in [0.1, 0.15) is 5.52 Å². The average molecular weight is 177 g/mol. The van der Waals surface area contributed by atoms with E-state index >= 15 is 0 Å². The summed E-state index contributed by atoms with van der Waals surface area (Å²) < 4.78 is 2.02. The molecule has 1 atom stereocenters. The van der Waals surface area contributed by atoms with E-state index in [1.54, 1.807) is 12.5 Å². The van der Waals surface area contributed by atoms with Gasteiger partial charge in [0, 0.05) is 6.04 Å². The van der Waals surface area contributed by atoms with Crippen molar-refractivity contribution < 1.29 is 0 Å². The van der Waals surface area contributed by atoms with Crippen LogP contribution in [-0.2, 0) is 0 Å². The number of imidazole rings is 1. The summed E-state index contributed by atoms with van der Waals surface area (Å²) in [6, 6.07) is 0.404. The molecule has 0 aliphatic carbocycles. The van der Waals surface area contributed by atoms with Gasteiger partial charge in [0.2, 0.25) is 0 Å². The van der Waals surface area contributed by atoms with E-state index in [0.29, 0.717) is 6.04 Å². The number of hydrogen-bond donors (Lipinski definition) is 0. The molecule has 13 heavy (non-hydrogen) atoms. The fourth-order valence-corrected chi connectivity index (χ4v) is 1.23. The summed E-state index contributed by atoms with van der Waals surface area (Å²) in [6.07, 6.45) is 4.46. The summed E-state index contributed by atoms with van der Waals surface area (Å²) in [6.45, 7) is 4.26. The highest BCUT2D eigenvalue weighted by Crippen LogP contribution is 2.15. The summed E-state index contributed by atoms with van der Waals surface area (Å²) in [5.74, 6) is 0. The van der Waals surface area contributed by atoms with Gasteiger partial charge in [-0.15, -0.1) is 10.2 Å². The van der Waals surface area contributed by atoms with Gasteiger partial charge in [0.25, 0.3) is 0 Å². The summed E-state index contributed by atoms with van der Waals surface area (Å²) in [5, 5.41) is 11.2. The first-order valence-electron chi connectivity index (χ1n) is 4.33. The third-order valence-corrected chi connectivity index (χ3v) is 2.23. The van der Waals surface area contributed by atoms with E-state index in [2.05, 4.69) is 34.2 Å². The van der Waals surface area contributed by atoms with Gasteiger partial charge >= 0.3 is 0 Å². The lowest BCUT2D eigenvalue weighted by molar-refractivity contribution is 0.539. The molecule has 0 saturated heterocycles. The monoisotopic (exact) mass is 177 g/mol. The number of nitrogens with zero attached hydrogens (tertiary/aromatic N) is 5. The van der Waals surface area contributed by atoms with Crippen LogP contribution in [0.1, 0.15) is 26.3 Å². The second-order valence-corrected chi connectivity index (χ2v) is 3.05. The lowest BCUT2D eigenvalue weighted by Crippen LogP contribution is -2.03. The molecule has 0 amide bonds. The maximum absolute atomic E-state index is 4.19. The highest BCUT2D eigenvalue weighted by Gasteiger charge is 2.08. The van der Waals surface area contributed by atoms with Gasteiger partial charge < -0.3 is 4.57 Å². The fourth-order valence-electron chi connectivity index (χ4n) is 1.23. The number of rotatable bonds is 2. The molecule has 0 aromatic carbocycles. The van der Waals surface area contributed by atoms with Gasteiger partial charge in [-0.1, -0.05) is 6.92 Å². The Balaban J connectivity index is 2.57. The Kier molecular flexibility index (Phi) is 1.92. The Hall–Kier alpha value is -1.52. The normalized spacial score (nSPS) is 13.4. The SMILES string of the molecule is CCC(C)n1cnc2cnnnc21. The molecule has 2 rings (SSSR count). The van der Waals surface area contributed by atoms with Gasteiger partial charge in [-0.05, 0) is 18.6 Å². The van der Waals surface area contributed by atoms with Gasteiger partial charge in [0.05, 0.1) is 12.5 Å². The number of aromatic nitrogens is 5. The molecule has 0 aliphatic heterocycles. The number of hydrogen-bond acceptors (Lipinski definition) is 4. The Morgan fingerprint density at radius 3 is 3.15 bits per heavy atom. The third-order valence-electron chi connectivity index (χ3n) is 2.23. The molecule has 1 unspecified atom stereocenters. The average Bonchev–Trinajstić information content (AvgIpc) is 2.60. The molecule has 2 heterocycles. The standard InChI is InChI=1S/C8H11N5/c1-3-6(2)13-5-9-7-4-10-12-11-8(7)13/h4-6H,3H2,1-2H3. The fraction of sp³-hybridized carbons (Fsp3) is 0.500. The van der Waals surface area contributed by atoms with Crippen molar-refractivity contribution >= 4 is 11.2 Å². The maximum atomic E-state index is 4.19. The van der Waals surface area contributed by atoms with Crippen LogP contribution in [0.5, 0.6) is 0 Å². The minimum Gasteiger partial charge on any atom is -0.311 e. The molecule has 0 saturated carbocycles. The zero-order valence-electron chi connectivity index (χ0n) is 7.68. The number of fused-ring (bicyclic) bond motifs is 1. The molecular weight excluding hydrogens is 166 g/mol. The molecule has 5 nitrogen and oxygen atoms in total. The molecule has 0 spiro atoms. The van der Waals surface area contributed by atoms with Crippen molar-refractivity contribution in [2.45, 2.75) is 26.3 Å². The van der Waals surface area contributed by atoms with Crippen LogP contribution in [0.4, 0.5) is 0 Å². The summed E-state index contributed by atoms with van der Waals surface area (Å²) in [7, 11) is 0. The van der Waals surface area contributed by atoms with Crippen LogP contribution < -0.4 is 0 Å². The van der Waals surface area contributed by atoms with Gasteiger partial charge in [0.15, 0.2) is 5.65 Å². The molecule has 0 bridgehead atoms. The smallest absolute Gasteiger partial charge is 0.186 e. The summed E-state index contributed by atoms with van der Waals surface area (Å²) >= 11 is 0. The first kappa shape index (κ1) is 8.10. The Morgan fingerprint density at radius 2 is 2.38 bits per heavy atom. The molecule has 0 fully saturated rings. The lowest BCUT2D eigenvalue weighted by atomic mass is 10.2. The van der Waals surface area contributed by atoms with Crippen LogP contribution in [0.25, 0.3) is 11.2 Å². The second kappa shape index (κ2) is 3.08. The van der Waals surface area contributed by atoms with Crippen LogP contribution in [0.3, 0.4) is 0 Å². The van der Waals surface area contributed by atoms with E-state index in [4.69, 9.17) is 0 Å². The van der Waals surface area contributed by atoms with Crippen LogP contribution >= 0.6 is 0 Å². The largest absolute Gasteiger partial charge is 0.311 e. The molecule has 0 N–H and O–H groups in total. The zero-order chi connectivity index (χ0) is 9.26. The first-order chi connectivity index (χ1) is 6.33. The van der Waals surface area contributed by atoms with Crippen LogP contribution in [0, 0.1) is 0 Å². The zero-order valence-corrected chi connectivity index (χ0v) is 7.68. The molecule has 2 aromatic heterocycles. The van der Waals surface area contributed by atoms with Crippen molar-refractivity contribution in [3.63, 3.8) is 0 Å². The van der Waals surface area contributed by atoms with Gasteiger partial charge in [-0.2, -0.15) is 0 Å². The van der Waals surface area contributed by atoms with Crippen LogP contribution in [-0.4, -0.2) is 25.0 Å². The lowest BCUT2D eigenvalue weighted by Gasteiger charge is -2.09. The van der Waals surface area contributed by atoms with E-state index in [-0.39, 0.29) is 0 Å². The maximum Gasteiger partial charge on any atom is 0.186 e. The van der Waals surface area contributed by atoms with Crippen LogP contribution in [0.15, 0.2) is 12.5 Å². The topological polar surface area (TPSA) is 56.5 Å². The molecule has 0 aliphatic rings. The minimum absolute atomic E-state index is 0.404. The molecular formula is C8H11N5. The Bertz CT molecular complexity index is 408. The Morgan fingerprint density at radius 1 is 1.54 bits per heavy atom. The van der Waals surface area contributed by atoms with E-state index in [0.717, 1.165) is 17.6 Å². The predicted molar refractivity (Wildman–Crippen MR) is 48.1 cm³/mol. The van der Waals surface area contributed by atoms with Crippen molar-refractivity contribution in [1.29, 1.82) is 0 Å². The van der Waals surface area contributed by atoms with Crippen molar-refractivity contribution in [3.05, 3.63) is 12.5 Å². The first-order valence-corrected chi connectivity index (χ1v) is 4.33. The van der Waals surface area contributed by atoms with E-state index < -0.39 is 0 Å². The highest BCUT2D eigenvalue weighted by molar-refractivity contribution is 5.68. The van der Waals surface area contributed by atoms with Gasteiger partial charge in [-0.25, -0.2) is 4.98 Å². The minimum atomic E-state index is 0.404. The van der Waals surface area contributed by atoms with Crippen molar-refractivity contribution in [1.82, 2.24) is 25.0 Å². The van der Waals surface area contributed by atoms with Crippen molar-refractivity contribution in [2.24, 2.45) is 0 Å². The summed E-state index contributed by atoms with van der Waals surface area (Å²) in [5.41, 5.74) is 1.61. The molecule has 0 radical (unpaired) electrons. The Labute approximate surface area is 75.8 Å². The predicted octanol–water partition coefficient (Wildman–Crippen LogP) is 1.19. The van der Waals surface area contributed by atoms with E-state index in [1.807, 2.05) is 4.57 Å². The highest BCUT2D eigenvalue weighted by atomic mass is 15.3. The van der Waals surface area contributed by atoms with Crippen molar-refractivity contribution in [3.8, 4) is 0 Å².